The molecule has 8 nitrogen and oxygen atoms in total. The molecule has 43 heavy (non-hydrogen) atoms. The van der Waals surface area contributed by atoms with E-state index < -0.39 is 0 Å². The van der Waals surface area contributed by atoms with Crippen LogP contribution in [0.15, 0.2) is 52.6 Å². The van der Waals surface area contributed by atoms with Crippen molar-refractivity contribution in [2.45, 2.75) is 54.4 Å². The van der Waals surface area contributed by atoms with Crippen molar-refractivity contribution in [2.24, 2.45) is 0 Å². The van der Waals surface area contributed by atoms with Crippen molar-refractivity contribution in [1.82, 2.24) is 25.2 Å². The number of rotatable bonds is 16. The van der Waals surface area contributed by atoms with E-state index >= 15 is 0 Å². The molecule has 0 spiro atoms. The monoisotopic (exact) mass is 1000 g/mol. The van der Waals surface area contributed by atoms with E-state index in [-0.39, 0.29) is 76.2 Å². The van der Waals surface area contributed by atoms with Gasteiger partial charge in [-0.25, -0.2) is 0 Å². The average molecular weight is 1000 g/mol. The third-order valence-corrected chi connectivity index (χ3v) is 13.4. The van der Waals surface area contributed by atoms with E-state index in [0.29, 0.717) is 21.5 Å². The summed E-state index contributed by atoms with van der Waals surface area (Å²) >= 11 is -0.564. The van der Waals surface area contributed by atoms with E-state index in [1.807, 2.05) is 12.1 Å². The zero-order chi connectivity index (χ0) is 30.5. The molecular formula is C32H50AuI2N6O2-. The standard InChI is InChI=1S/C17H19I2N2O2.C15H31N4.Au/c1-3-9-18-20-11-21(19-10-4-2)15-14(20)16(22)12-7-5-6-8-13(12)17(15)23;1-5-16(6-2)9-11-18-13-14-19(15-18)12-10-17(7-3)8-4;/h5-8,11H,3-4,9-10H2,1-2H3;13-15H,5-12H2,1-4H3;/q-3;-1;+3. The number of alkyl halides is 2. The fourth-order valence-corrected chi connectivity index (χ4v) is 9.69. The first kappa shape index (κ1) is 38.4. The van der Waals surface area contributed by atoms with Gasteiger partial charge in [-0.1, -0.05) is 27.7 Å². The van der Waals surface area contributed by atoms with Crippen LogP contribution >= 0.6 is 0 Å². The van der Waals surface area contributed by atoms with E-state index in [9.17, 15) is 9.59 Å². The van der Waals surface area contributed by atoms with Crippen molar-refractivity contribution in [3.8, 4) is 0 Å². The van der Waals surface area contributed by atoms with Crippen LogP contribution in [0.25, 0.3) is 10.8 Å². The summed E-state index contributed by atoms with van der Waals surface area (Å²) in [5.74, 6) is 0. The summed E-state index contributed by atoms with van der Waals surface area (Å²) < 4.78 is 6.47. The molecule has 0 unspecified atom stereocenters. The van der Waals surface area contributed by atoms with E-state index in [4.69, 9.17) is 0 Å². The molecule has 0 N–H and O–H groups in total. The number of halogens is 2. The van der Waals surface area contributed by atoms with Gasteiger partial charge in [-0.05, 0) is 38.6 Å². The van der Waals surface area contributed by atoms with Gasteiger partial charge in [-0.3, -0.25) is 0 Å². The average Bonchev–Trinajstić information content (AvgIpc) is 3.63. The van der Waals surface area contributed by atoms with Crippen LogP contribution < -0.4 is 53.8 Å². The van der Waals surface area contributed by atoms with Crippen LogP contribution in [-0.4, -0.2) is 86.4 Å². The number of hydrogen-bond acceptors (Lipinski definition) is 6. The molecule has 0 saturated carbocycles. The Morgan fingerprint density at radius 1 is 0.674 bits per heavy atom. The molecule has 0 saturated heterocycles. The fourth-order valence-electron chi connectivity index (χ4n) is 4.78. The Morgan fingerprint density at radius 2 is 1.07 bits per heavy atom. The van der Waals surface area contributed by atoms with Gasteiger partial charge in [-0.2, -0.15) is 6.67 Å². The number of hydrogen-bond donors (Lipinski definition) is 0. The quantitative estimate of drug-likeness (QED) is 0.0719. The Hall–Kier alpha value is -0.770. The first-order chi connectivity index (χ1) is 20.4. The molecule has 246 valence electrons. The third kappa shape index (κ3) is 10.6. The molecule has 0 atom stereocenters. The van der Waals surface area contributed by atoms with Crippen molar-refractivity contribution in [2.75, 3.05) is 61.2 Å². The maximum absolute atomic E-state index is 13.0. The van der Waals surface area contributed by atoms with Gasteiger partial charge in [0.2, 0.25) is 0 Å². The number of likely N-dealkylation sites (N-methyl/N-ethyl adjacent to an activating group) is 2. The van der Waals surface area contributed by atoms with Gasteiger partial charge in [0.1, 0.15) is 0 Å². The summed E-state index contributed by atoms with van der Waals surface area (Å²) in [7, 11) is 0. The molecule has 0 aromatic heterocycles. The Kier molecular flexibility index (Phi) is 18.2. The van der Waals surface area contributed by atoms with Crippen molar-refractivity contribution in [3.63, 3.8) is 0 Å². The molecule has 4 rings (SSSR count). The van der Waals surface area contributed by atoms with Gasteiger partial charge in [0, 0.05) is 26.2 Å². The second-order valence-corrected chi connectivity index (χ2v) is 15.8. The predicted molar refractivity (Wildman–Crippen MR) is 167 cm³/mol. The van der Waals surface area contributed by atoms with E-state index in [1.54, 1.807) is 12.1 Å². The topological polar surface area (TPSA) is 57.0 Å². The zero-order valence-corrected chi connectivity index (χ0v) is 33.1. The molecule has 2 aliphatic heterocycles. The van der Waals surface area contributed by atoms with Gasteiger partial charge in [0.25, 0.3) is 0 Å². The largest absolute Gasteiger partial charge is 3.00 e. The first-order valence-electron chi connectivity index (χ1n) is 15.5. The van der Waals surface area contributed by atoms with Gasteiger partial charge >= 0.3 is 179 Å². The van der Waals surface area contributed by atoms with Gasteiger partial charge < -0.3 is 19.6 Å². The fraction of sp³-hybridized carbons (Fsp3) is 0.562. The number of fused-ring (bicyclic) bond motifs is 1. The molecule has 3 aliphatic rings. The normalized spacial score (nSPS) is 13.1. The maximum Gasteiger partial charge on any atom is 3.00 e. The van der Waals surface area contributed by atoms with Gasteiger partial charge in [-0.15, -0.1) is 0 Å². The van der Waals surface area contributed by atoms with Crippen molar-refractivity contribution >= 4 is 10.8 Å². The Morgan fingerprint density at radius 3 is 1.42 bits per heavy atom. The van der Waals surface area contributed by atoms with Crippen LogP contribution in [-0.2, 0) is 22.4 Å². The molecule has 0 radical (unpaired) electrons. The second-order valence-electron chi connectivity index (χ2n) is 10.2. The van der Waals surface area contributed by atoms with Crippen molar-refractivity contribution in [3.05, 3.63) is 80.8 Å². The van der Waals surface area contributed by atoms with Crippen molar-refractivity contribution < 1.29 is 65.3 Å². The summed E-state index contributed by atoms with van der Waals surface area (Å²) in [6.45, 7) is 24.5. The molecule has 11 heteroatoms. The van der Waals surface area contributed by atoms with Gasteiger partial charge in [0.05, 0.1) is 0 Å². The molecule has 1 aliphatic carbocycles. The Bertz CT molecular complexity index is 1330. The van der Waals surface area contributed by atoms with E-state index in [2.05, 4.69) is 92.1 Å². The van der Waals surface area contributed by atoms with Crippen LogP contribution in [0.4, 0.5) is 0 Å². The molecule has 0 amide bonds. The maximum atomic E-state index is 13.0. The predicted octanol–water partition coefficient (Wildman–Crippen LogP) is -1.99. The van der Waals surface area contributed by atoms with Crippen LogP contribution in [0.5, 0.6) is 0 Å². The van der Waals surface area contributed by atoms with Crippen LogP contribution in [0, 0.1) is 17.4 Å². The molecule has 1 aromatic carbocycles. The molecule has 2 heterocycles. The molecule has 0 bridgehead atoms. The van der Waals surface area contributed by atoms with Crippen LogP contribution in [0.3, 0.4) is 0 Å². The third-order valence-electron chi connectivity index (χ3n) is 7.39. The van der Waals surface area contributed by atoms with Gasteiger partial charge in [0.15, 0.2) is 0 Å². The Labute approximate surface area is 295 Å². The minimum atomic E-state index is -0.282. The Balaban J connectivity index is 0.000000299. The molecule has 1 aromatic rings. The summed E-state index contributed by atoms with van der Waals surface area (Å²) in [5.41, 5.74) is 0.0375. The van der Waals surface area contributed by atoms with E-state index in [0.717, 1.165) is 74.1 Å². The smallest absolute Gasteiger partial charge is 0.507 e. The summed E-state index contributed by atoms with van der Waals surface area (Å²) in [6, 6.07) is 7.22. The number of aromatic nitrogens is 2. The number of benzene rings is 1. The van der Waals surface area contributed by atoms with Crippen LogP contribution in [0.2, 0.25) is 0 Å². The minimum absolute atomic E-state index is 0. The second kappa shape index (κ2) is 20.4. The zero-order valence-electron chi connectivity index (χ0n) is 26.7. The van der Waals surface area contributed by atoms with E-state index in [1.165, 1.54) is 0 Å². The summed E-state index contributed by atoms with van der Waals surface area (Å²) in [4.78, 5) is 35.4. The van der Waals surface area contributed by atoms with Crippen LogP contribution in [0.1, 0.15) is 54.4 Å². The minimum Gasteiger partial charge on any atom is -0.507 e. The molecular weight excluding hydrogens is 951 g/mol. The molecule has 0 fully saturated rings. The SMILES string of the molecule is CCC[I-]n1[cH-]n([I-]CCC)c2c(=O)c3ccccc3c(=O)c1=2.CCN(CC)CCN1C=CN(CCN(CC)CC)[CH-]1.[Au+3]. The van der Waals surface area contributed by atoms with Crippen molar-refractivity contribution in [1.29, 1.82) is 0 Å². The first-order valence-corrected chi connectivity index (χ1v) is 20.4. The summed E-state index contributed by atoms with van der Waals surface area (Å²) in [6.07, 6.45) is 8.65. The summed E-state index contributed by atoms with van der Waals surface area (Å²) in [5, 5.41) is 2.41. The number of nitrogens with zero attached hydrogens (tertiary/aromatic N) is 6.